The third-order valence-corrected chi connectivity index (χ3v) is 4.08. The number of allylic oxidation sites excluding steroid dienone is 2. The highest BCUT2D eigenvalue weighted by molar-refractivity contribution is 8.03. The predicted octanol–water partition coefficient (Wildman–Crippen LogP) is 3.22. The van der Waals surface area contributed by atoms with Gasteiger partial charge in [0.2, 0.25) is 0 Å². The minimum absolute atomic E-state index is 0.304. The maximum Gasteiger partial charge on any atom is 0.164 e. The molecule has 1 fully saturated rings. The number of rotatable bonds is 0. The summed E-state index contributed by atoms with van der Waals surface area (Å²) in [6.07, 6.45) is 5.81. The largest absolute Gasteiger partial charge is 0.294 e. The summed E-state index contributed by atoms with van der Waals surface area (Å²) in [4.78, 5) is 13.0. The number of Topliss-reactive ketones (excluding diaryl/α,β-unsaturated/α-hetero) is 1. The van der Waals surface area contributed by atoms with Crippen molar-refractivity contribution in [3.63, 3.8) is 0 Å². The first-order valence-electron chi connectivity index (χ1n) is 5.51. The maximum atomic E-state index is 11.8. The van der Waals surface area contributed by atoms with Gasteiger partial charge in [-0.3, -0.25) is 4.79 Å². The van der Waals surface area contributed by atoms with Gasteiger partial charge in [0.25, 0.3) is 0 Å². The highest BCUT2D eigenvalue weighted by Gasteiger charge is 2.22. The van der Waals surface area contributed by atoms with Gasteiger partial charge in [0.1, 0.15) is 0 Å². The number of thioether (sulfide) groups is 1. The lowest BCUT2D eigenvalue weighted by atomic mass is 10.1. The van der Waals surface area contributed by atoms with Gasteiger partial charge in [-0.2, -0.15) is 0 Å². The fourth-order valence-electron chi connectivity index (χ4n) is 2.15. The molecule has 0 saturated carbocycles. The fraction of sp³-hybridized carbons (Fsp3) is 0.214. The molecule has 2 heteroatoms. The molecule has 0 spiro atoms. The zero-order valence-electron chi connectivity index (χ0n) is 8.90. The van der Waals surface area contributed by atoms with Crippen molar-refractivity contribution in [3.05, 3.63) is 51.9 Å². The van der Waals surface area contributed by atoms with Gasteiger partial charge in [-0.05, 0) is 23.6 Å². The van der Waals surface area contributed by atoms with Crippen LogP contribution in [0.4, 0.5) is 0 Å². The molecule has 1 aromatic carbocycles. The SMILES string of the molecule is O=C1CCSC2=Cc3ccccc3CC=C12. The minimum atomic E-state index is 0.304. The molecule has 3 rings (SSSR count). The van der Waals surface area contributed by atoms with Crippen LogP contribution in [0.2, 0.25) is 0 Å². The van der Waals surface area contributed by atoms with Crippen LogP contribution in [0.15, 0.2) is 40.8 Å². The summed E-state index contributed by atoms with van der Waals surface area (Å²) in [5.74, 6) is 1.22. The Morgan fingerprint density at radius 1 is 1.19 bits per heavy atom. The van der Waals surface area contributed by atoms with Crippen molar-refractivity contribution in [1.82, 2.24) is 0 Å². The van der Waals surface area contributed by atoms with Crippen molar-refractivity contribution in [3.8, 4) is 0 Å². The first-order valence-corrected chi connectivity index (χ1v) is 6.49. The number of ketones is 1. The molecule has 0 bridgehead atoms. The molecule has 0 unspecified atom stereocenters. The second-order valence-electron chi connectivity index (χ2n) is 4.05. The van der Waals surface area contributed by atoms with Gasteiger partial charge < -0.3 is 0 Å². The smallest absolute Gasteiger partial charge is 0.164 e. The Kier molecular flexibility index (Phi) is 2.44. The number of hydrogen-bond donors (Lipinski definition) is 0. The molecular formula is C14H12OS. The van der Waals surface area contributed by atoms with Crippen LogP contribution in [0.3, 0.4) is 0 Å². The first kappa shape index (κ1) is 9.91. The topological polar surface area (TPSA) is 17.1 Å². The van der Waals surface area contributed by atoms with Crippen LogP contribution < -0.4 is 0 Å². The minimum Gasteiger partial charge on any atom is -0.294 e. The highest BCUT2D eigenvalue weighted by Crippen LogP contribution is 2.36. The monoisotopic (exact) mass is 228 g/mol. The van der Waals surface area contributed by atoms with E-state index in [2.05, 4.69) is 36.4 Å². The van der Waals surface area contributed by atoms with E-state index in [-0.39, 0.29) is 0 Å². The third kappa shape index (κ3) is 1.63. The van der Waals surface area contributed by atoms with Gasteiger partial charge in [0, 0.05) is 22.7 Å². The molecule has 1 heterocycles. The highest BCUT2D eigenvalue weighted by atomic mass is 32.2. The molecule has 0 radical (unpaired) electrons. The normalized spacial score (nSPS) is 19.1. The molecule has 0 atom stereocenters. The van der Waals surface area contributed by atoms with Crippen molar-refractivity contribution in [2.24, 2.45) is 0 Å². The van der Waals surface area contributed by atoms with E-state index in [4.69, 9.17) is 0 Å². The van der Waals surface area contributed by atoms with Crippen LogP contribution in [-0.2, 0) is 11.2 Å². The van der Waals surface area contributed by atoms with E-state index in [0.29, 0.717) is 12.2 Å². The van der Waals surface area contributed by atoms with E-state index < -0.39 is 0 Å². The summed E-state index contributed by atoms with van der Waals surface area (Å²) >= 11 is 1.80. The predicted molar refractivity (Wildman–Crippen MR) is 68.3 cm³/mol. The fourth-order valence-corrected chi connectivity index (χ4v) is 3.22. The van der Waals surface area contributed by atoms with E-state index in [1.54, 1.807) is 11.8 Å². The van der Waals surface area contributed by atoms with Crippen molar-refractivity contribution in [2.45, 2.75) is 12.8 Å². The van der Waals surface area contributed by atoms with Crippen LogP contribution >= 0.6 is 11.8 Å². The van der Waals surface area contributed by atoms with E-state index in [1.807, 2.05) is 0 Å². The number of carbonyl (C=O) groups is 1. The zero-order valence-corrected chi connectivity index (χ0v) is 9.72. The number of fused-ring (bicyclic) bond motifs is 2. The Bertz CT molecular complexity index is 511. The second-order valence-corrected chi connectivity index (χ2v) is 5.19. The van der Waals surface area contributed by atoms with Gasteiger partial charge >= 0.3 is 0 Å². The molecule has 2 aliphatic rings. The molecule has 1 nitrogen and oxygen atoms in total. The van der Waals surface area contributed by atoms with Gasteiger partial charge in [-0.1, -0.05) is 30.3 Å². The summed E-state index contributed by atoms with van der Waals surface area (Å²) < 4.78 is 0. The van der Waals surface area contributed by atoms with Crippen molar-refractivity contribution >= 4 is 23.6 Å². The summed E-state index contributed by atoms with van der Waals surface area (Å²) in [5, 5.41) is 0. The van der Waals surface area contributed by atoms with Gasteiger partial charge in [-0.15, -0.1) is 11.8 Å². The molecule has 0 amide bonds. The average Bonchev–Trinajstić information content (AvgIpc) is 2.48. The van der Waals surface area contributed by atoms with Crippen LogP contribution in [0.1, 0.15) is 17.5 Å². The van der Waals surface area contributed by atoms with E-state index in [0.717, 1.165) is 22.7 Å². The van der Waals surface area contributed by atoms with E-state index in [1.165, 1.54) is 11.1 Å². The molecule has 80 valence electrons. The van der Waals surface area contributed by atoms with Crippen LogP contribution in [0.5, 0.6) is 0 Å². The maximum absolute atomic E-state index is 11.8. The summed E-state index contributed by atoms with van der Waals surface area (Å²) in [6.45, 7) is 0. The Balaban J connectivity index is 2.12. The van der Waals surface area contributed by atoms with E-state index >= 15 is 0 Å². The average molecular weight is 228 g/mol. The third-order valence-electron chi connectivity index (χ3n) is 3.02. The van der Waals surface area contributed by atoms with Crippen molar-refractivity contribution < 1.29 is 4.79 Å². The molecule has 1 saturated heterocycles. The molecular weight excluding hydrogens is 216 g/mol. The molecule has 16 heavy (non-hydrogen) atoms. The van der Waals surface area contributed by atoms with Gasteiger partial charge in [0.15, 0.2) is 5.78 Å². The summed E-state index contributed by atoms with van der Waals surface area (Å²) in [5.41, 5.74) is 3.50. The molecule has 1 aliphatic carbocycles. The number of benzene rings is 1. The second kappa shape index (κ2) is 3.95. The van der Waals surface area contributed by atoms with Crippen LogP contribution in [0.25, 0.3) is 6.08 Å². The Hall–Kier alpha value is -1.28. The number of carbonyl (C=O) groups excluding carboxylic acids is 1. The van der Waals surface area contributed by atoms with Crippen molar-refractivity contribution in [1.29, 1.82) is 0 Å². The molecule has 0 aromatic heterocycles. The quantitative estimate of drug-likeness (QED) is 0.678. The number of hydrogen-bond acceptors (Lipinski definition) is 2. The summed E-state index contributed by atoms with van der Waals surface area (Å²) in [7, 11) is 0. The van der Waals surface area contributed by atoms with Crippen molar-refractivity contribution in [2.75, 3.05) is 5.75 Å². The van der Waals surface area contributed by atoms with E-state index in [9.17, 15) is 4.79 Å². The summed E-state index contributed by atoms with van der Waals surface area (Å²) in [6, 6.07) is 8.37. The van der Waals surface area contributed by atoms with Gasteiger partial charge in [0.05, 0.1) is 0 Å². The lowest BCUT2D eigenvalue weighted by molar-refractivity contribution is -0.115. The first-order chi connectivity index (χ1) is 7.84. The van der Waals surface area contributed by atoms with Crippen LogP contribution in [-0.4, -0.2) is 11.5 Å². The molecule has 1 aliphatic heterocycles. The Morgan fingerprint density at radius 3 is 3.00 bits per heavy atom. The standard InChI is InChI=1S/C14H12OS/c15-13-7-8-16-14-9-11-4-2-1-3-10(11)5-6-12(13)14/h1-4,6,9H,5,7-8H2. The van der Waals surface area contributed by atoms with Gasteiger partial charge in [-0.25, -0.2) is 0 Å². The van der Waals surface area contributed by atoms with Crippen LogP contribution in [0, 0.1) is 0 Å². The lowest BCUT2D eigenvalue weighted by Gasteiger charge is -2.15. The lowest BCUT2D eigenvalue weighted by Crippen LogP contribution is -2.10. The Labute approximate surface area is 99.2 Å². The molecule has 0 N–H and O–H groups in total. The zero-order chi connectivity index (χ0) is 11.0. The molecule has 1 aromatic rings. The Morgan fingerprint density at radius 2 is 2.06 bits per heavy atom.